The number of hydrogen-bond donors (Lipinski definition) is 3. The fraction of sp³-hybridized carbons (Fsp3) is 0.667. The number of halogens is 1. The normalized spacial score (nSPS) is 13.9. The molecule has 0 bridgehead atoms. The lowest BCUT2D eigenvalue weighted by Gasteiger charge is -2.33. The molecule has 1 rings (SSSR count). The highest BCUT2D eigenvalue weighted by Crippen LogP contribution is 2.15. The monoisotopic (exact) mass is 274 g/mol. The fourth-order valence-electron chi connectivity index (χ4n) is 1.41. The number of H-pyrrole nitrogens is 1. The first-order chi connectivity index (χ1) is 7.92. The molecule has 0 saturated heterocycles. The van der Waals surface area contributed by atoms with Crippen molar-refractivity contribution in [3.8, 4) is 0 Å². The molecular formula is C12H23ClN4O. The molecule has 5 nitrogen and oxygen atoms in total. The van der Waals surface area contributed by atoms with Crippen LogP contribution in [0, 0.1) is 5.92 Å². The first kappa shape index (κ1) is 16.9. The second-order valence-corrected chi connectivity index (χ2v) is 4.86. The molecule has 0 fully saturated rings. The Hall–Kier alpha value is -1.07. The Morgan fingerprint density at radius 2 is 2.22 bits per heavy atom. The van der Waals surface area contributed by atoms with Gasteiger partial charge in [0.1, 0.15) is 5.69 Å². The van der Waals surface area contributed by atoms with Gasteiger partial charge in [-0.05, 0) is 25.3 Å². The lowest BCUT2D eigenvalue weighted by atomic mass is 9.88. The second kappa shape index (κ2) is 6.75. The van der Waals surface area contributed by atoms with Gasteiger partial charge in [0.05, 0.1) is 5.54 Å². The summed E-state index contributed by atoms with van der Waals surface area (Å²) in [7, 11) is 0. The summed E-state index contributed by atoms with van der Waals surface area (Å²) < 4.78 is 0. The summed E-state index contributed by atoms with van der Waals surface area (Å²) >= 11 is 0. The number of carbonyl (C=O) groups is 1. The van der Waals surface area contributed by atoms with E-state index in [1.54, 1.807) is 6.07 Å². The van der Waals surface area contributed by atoms with E-state index < -0.39 is 5.54 Å². The molecule has 0 saturated carbocycles. The predicted molar refractivity (Wildman–Crippen MR) is 75.0 cm³/mol. The lowest BCUT2D eigenvalue weighted by molar-refractivity contribution is 0.0878. The number of hydrogen-bond acceptors (Lipinski definition) is 3. The summed E-state index contributed by atoms with van der Waals surface area (Å²) in [6.07, 6.45) is 0.832. The Kier molecular flexibility index (Phi) is 6.35. The quantitative estimate of drug-likeness (QED) is 0.761. The van der Waals surface area contributed by atoms with E-state index in [0.29, 0.717) is 12.2 Å². The molecule has 1 unspecified atom stereocenters. The molecule has 4 N–H and O–H groups in total. The Labute approximate surface area is 114 Å². The van der Waals surface area contributed by atoms with Gasteiger partial charge in [-0.25, -0.2) is 0 Å². The molecule has 1 atom stereocenters. The maximum absolute atomic E-state index is 12.0. The minimum absolute atomic E-state index is 0. The van der Waals surface area contributed by atoms with Gasteiger partial charge in [-0.15, -0.1) is 12.4 Å². The number of nitrogens with one attached hydrogen (secondary N) is 2. The Morgan fingerprint density at radius 3 is 2.61 bits per heavy atom. The molecule has 0 radical (unpaired) electrons. The van der Waals surface area contributed by atoms with Gasteiger partial charge in [-0.1, -0.05) is 20.8 Å². The number of carbonyl (C=O) groups excluding carboxylic acids is 1. The minimum atomic E-state index is -0.400. The molecular weight excluding hydrogens is 252 g/mol. The van der Waals surface area contributed by atoms with Crippen molar-refractivity contribution in [2.24, 2.45) is 11.7 Å². The maximum atomic E-state index is 12.0. The van der Waals surface area contributed by atoms with E-state index in [1.165, 1.54) is 0 Å². The van der Waals surface area contributed by atoms with E-state index in [4.69, 9.17) is 5.73 Å². The molecule has 104 valence electrons. The Balaban J connectivity index is 0.00000289. The summed E-state index contributed by atoms with van der Waals surface area (Å²) in [5.41, 5.74) is 6.69. The van der Waals surface area contributed by atoms with Gasteiger partial charge < -0.3 is 11.1 Å². The van der Waals surface area contributed by atoms with E-state index in [9.17, 15) is 4.79 Å². The van der Waals surface area contributed by atoms with Crippen LogP contribution in [0.25, 0.3) is 0 Å². The summed E-state index contributed by atoms with van der Waals surface area (Å²) in [4.78, 5) is 12.0. The standard InChI is InChI=1S/C12H22N4O.ClH/c1-5-9-6-10(16-15-9)11(17)14-12(4,7-13)8(2)3;/h6,8H,5,7,13H2,1-4H3,(H,14,17)(H,15,16);1H. The fourth-order valence-corrected chi connectivity index (χ4v) is 1.41. The average molecular weight is 275 g/mol. The van der Waals surface area contributed by atoms with Gasteiger partial charge in [0.25, 0.3) is 5.91 Å². The van der Waals surface area contributed by atoms with Crippen molar-refractivity contribution in [3.63, 3.8) is 0 Å². The van der Waals surface area contributed by atoms with Gasteiger partial charge in [-0.3, -0.25) is 9.89 Å². The van der Waals surface area contributed by atoms with Crippen molar-refractivity contribution in [2.75, 3.05) is 6.54 Å². The van der Waals surface area contributed by atoms with E-state index in [1.807, 2.05) is 27.7 Å². The van der Waals surface area contributed by atoms with Gasteiger partial charge in [0.15, 0.2) is 0 Å². The molecule has 0 spiro atoms. The average Bonchev–Trinajstić information content (AvgIpc) is 2.77. The van der Waals surface area contributed by atoms with E-state index in [-0.39, 0.29) is 24.2 Å². The van der Waals surface area contributed by atoms with E-state index in [2.05, 4.69) is 15.5 Å². The molecule has 0 aliphatic carbocycles. The summed E-state index contributed by atoms with van der Waals surface area (Å²) in [5, 5.41) is 9.76. The van der Waals surface area contributed by atoms with Crippen LogP contribution < -0.4 is 11.1 Å². The highest BCUT2D eigenvalue weighted by Gasteiger charge is 2.29. The minimum Gasteiger partial charge on any atom is -0.344 e. The maximum Gasteiger partial charge on any atom is 0.272 e. The number of aromatic amines is 1. The second-order valence-electron chi connectivity index (χ2n) is 4.86. The van der Waals surface area contributed by atoms with Crippen LogP contribution in [-0.2, 0) is 6.42 Å². The smallest absolute Gasteiger partial charge is 0.272 e. The summed E-state index contributed by atoms with van der Waals surface area (Å²) in [6.45, 7) is 8.43. The van der Waals surface area contributed by atoms with Gasteiger partial charge >= 0.3 is 0 Å². The molecule has 1 aromatic rings. The Morgan fingerprint density at radius 1 is 1.61 bits per heavy atom. The number of nitrogens with zero attached hydrogens (tertiary/aromatic N) is 1. The molecule has 0 aliphatic rings. The number of rotatable bonds is 5. The van der Waals surface area contributed by atoms with Crippen molar-refractivity contribution in [1.82, 2.24) is 15.5 Å². The zero-order valence-electron chi connectivity index (χ0n) is 11.4. The third kappa shape index (κ3) is 3.71. The number of nitrogens with two attached hydrogens (primary N) is 1. The highest BCUT2D eigenvalue weighted by atomic mass is 35.5. The van der Waals surface area contributed by atoms with Crippen molar-refractivity contribution in [3.05, 3.63) is 17.5 Å². The van der Waals surface area contributed by atoms with Crippen LogP contribution in [0.1, 0.15) is 43.9 Å². The van der Waals surface area contributed by atoms with E-state index in [0.717, 1.165) is 12.1 Å². The van der Waals surface area contributed by atoms with Crippen LogP contribution in [0.4, 0.5) is 0 Å². The molecule has 6 heteroatoms. The van der Waals surface area contributed by atoms with E-state index >= 15 is 0 Å². The summed E-state index contributed by atoms with van der Waals surface area (Å²) in [5.74, 6) is 0.0867. The first-order valence-electron chi connectivity index (χ1n) is 5.99. The lowest BCUT2D eigenvalue weighted by Crippen LogP contribution is -2.55. The first-order valence-corrected chi connectivity index (χ1v) is 5.99. The molecule has 18 heavy (non-hydrogen) atoms. The predicted octanol–water partition coefficient (Wildman–Crippen LogP) is 1.50. The van der Waals surface area contributed by atoms with Crippen LogP contribution in [0.15, 0.2) is 6.07 Å². The zero-order valence-corrected chi connectivity index (χ0v) is 12.2. The molecule has 1 aromatic heterocycles. The van der Waals surface area contributed by atoms with Gasteiger partial charge in [-0.2, -0.15) is 5.10 Å². The van der Waals surface area contributed by atoms with Crippen LogP contribution >= 0.6 is 12.4 Å². The topological polar surface area (TPSA) is 83.8 Å². The molecule has 1 amide bonds. The number of amides is 1. The van der Waals surface area contributed by atoms with Crippen LogP contribution in [0.5, 0.6) is 0 Å². The molecule has 0 aromatic carbocycles. The highest BCUT2D eigenvalue weighted by molar-refractivity contribution is 5.92. The largest absolute Gasteiger partial charge is 0.344 e. The molecule has 0 aliphatic heterocycles. The number of aromatic nitrogens is 2. The third-order valence-electron chi connectivity index (χ3n) is 3.34. The van der Waals surface area contributed by atoms with Gasteiger partial charge in [0, 0.05) is 12.2 Å². The number of aryl methyl sites for hydroxylation is 1. The zero-order chi connectivity index (χ0) is 13.1. The third-order valence-corrected chi connectivity index (χ3v) is 3.34. The van der Waals surface area contributed by atoms with Crippen LogP contribution in [-0.4, -0.2) is 28.2 Å². The van der Waals surface area contributed by atoms with Crippen molar-refractivity contribution in [1.29, 1.82) is 0 Å². The molecule has 1 heterocycles. The van der Waals surface area contributed by atoms with Crippen LogP contribution in [0.3, 0.4) is 0 Å². The van der Waals surface area contributed by atoms with Gasteiger partial charge in [0.2, 0.25) is 0 Å². The van der Waals surface area contributed by atoms with Crippen molar-refractivity contribution in [2.45, 2.75) is 39.7 Å². The summed E-state index contributed by atoms with van der Waals surface area (Å²) in [6, 6.07) is 1.77. The van der Waals surface area contributed by atoms with Crippen LogP contribution in [0.2, 0.25) is 0 Å². The SMILES string of the molecule is CCc1cc(C(=O)NC(C)(CN)C(C)C)n[nH]1.Cl. The van der Waals surface area contributed by atoms with Crippen molar-refractivity contribution < 1.29 is 4.79 Å². The Bertz CT molecular complexity index is 391. The van der Waals surface area contributed by atoms with Crippen molar-refractivity contribution >= 4 is 18.3 Å².